The Morgan fingerprint density at radius 3 is 2.95 bits per heavy atom. The highest BCUT2D eigenvalue weighted by Crippen LogP contribution is 2.21. The molecule has 6 heteroatoms. The third-order valence-corrected chi connectivity index (χ3v) is 3.91. The van der Waals surface area contributed by atoms with Gasteiger partial charge in [0, 0.05) is 25.0 Å². The average molecular weight is 299 g/mol. The van der Waals surface area contributed by atoms with Crippen molar-refractivity contribution in [3.05, 3.63) is 41.9 Å². The summed E-state index contributed by atoms with van der Waals surface area (Å²) in [5.74, 6) is 0.599. The molecule has 0 bridgehead atoms. The molecule has 2 amide bonds. The monoisotopic (exact) mass is 299 g/mol. The van der Waals surface area contributed by atoms with Crippen LogP contribution in [0.3, 0.4) is 0 Å². The molecule has 3 heterocycles. The second-order valence-electron chi connectivity index (χ2n) is 5.83. The van der Waals surface area contributed by atoms with Gasteiger partial charge in [0.1, 0.15) is 5.82 Å². The maximum atomic E-state index is 12.4. The fourth-order valence-electron chi connectivity index (χ4n) is 2.79. The summed E-state index contributed by atoms with van der Waals surface area (Å²) in [6.07, 6.45) is 5.93. The van der Waals surface area contributed by atoms with Gasteiger partial charge in [0.2, 0.25) is 0 Å². The van der Waals surface area contributed by atoms with Gasteiger partial charge < -0.3 is 4.90 Å². The van der Waals surface area contributed by atoms with Crippen LogP contribution in [0.25, 0.3) is 0 Å². The molecule has 1 saturated heterocycles. The third kappa shape index (κ3) is 3.27. The number of rotatable bonds is 2. The molecule has 3 rings (SSSR count). The van der Waals surface area contributed by atoms with Crippen molar-refractivity contribution < 1.29 is 4.79 Å². The predicted molar refractivity (Wildman–Crippen MR) is 84.8 cm³/mol. The topological polar surface area (TPSA) is 63.1 Å². The van der Waals surface area contributed by atoms with Crippen LogP contribution in [-0.2, 0) is 0 Å². The Balaban J connectivity index is 1.65. The summed E-state index contributed by atoms with van der Waals surface area (Å²) in [4.78, 5) is 18.6. The molecular formula is C16H21N5O. The van der Waals surface area contributed by atoms with Gasteiger partial charge in [0.05, 0.1) is 12.2 Å². The molecule has 2 aromatic heterocycles. The van der Waals surface area contributed by atoms with E-state index in [2.05, 4.69) is 15.4 Å². The first kappa shape index (κ1) is 14.6. The van der Waals surface area contributed by atoms with Crippen LogP contribution in [0.4, 0.5) is 10.6 Å². The van der Waals surface area contributed by atoms with Crippen molar-refractivity contribution in [3.63, 3.8) is 0 Å². The molecule has 1 unspecified atom stereocenters. The molecule has 116 valence electrons. The van der Waals surface area contributed by atoms with Crippen molar-refractivity contribution in [2.24, 2.45) is 0 Å². The summed E-state index contributed by atoms with van der Waals surface area (Å²) in [6, 6.07) is 5.77. The number of nitrogens with zero attached hydrogens (tertiary/aromatic N) is 4. The molecule has 1 aliphatic heterocycles. The summed E-state index contributed by atoms with van der Waals surface area (Å²) in [6.45, 7) is 5.39. The Bertz CT molecular complexity index is 666. The fraction of sp³-hybridized carbons (Fsp3) is 0.438. The lowest BCUT2D eigenvalue weighted by molar-refractivity contribution is 0.174. The predicted octanol–water partition coefficient (Wildman–Crippen LogP) is 2.76. The van der Waals surface area contributed by atoms with E-state index in [0.29, 0.717) is 12.4 Å². The third-order valence-electron chi connectivity index (χ3n) is 3.91. The van der Waals surface area contributed by atoms with Gasteiger partial charge in [-0.2, -0.15) is 5.10 Å². The van der Waals surface area contributed by atoms with Crippen molar-refractivity contribution in [3.8, 4) is 0 Å². The lowest BCUT2D eigenvalue weighted by Crippen LogP contribution is -2.43. The van der Waals surface area contributed by atoms with Crippen LogP contribution in [0, 0.1) is 13.8 Å². The Hall–Kier alpha value is -2.37. The van der Waals surface area contributed by atoms with Crippen molar-refractivity contribution in [2.75, 3.05) is 18.4 Å². The molecule has 0 radical (unpaired) electrons. The molecule has 2 aromatic rings. The smallest absolute Gasteiger partial charge is 0.322 e. The molecule has 1 atom stereocenters. The maximum Gasteiger partial charge on any atom is 0.323 e. The molecule has 1 fully saturated rings. The molecule has 0 saturated carbocycles. The van der Waals surface area contributed by atoms with Crippen molar-refractivity contribution >= 4 is 11.8 Å². The van der Waals surface area contributed by atoms with Crippen LogP contribution in [-0.4, -0.2) is 38.8 Å². The van der Waals surface area contributed by atoms with E-state index in [1.807, 2.05) is 54.0 Å². The minimum Gasteiger partial charge on any atom is -0.322 e. The molecule has 1 aliphatic rings. The molecule has 0 aliphatic carbocycles. The quantitative estimate of drug-likeness (QED) is 0.927. The summed E-state index contributed by atoms with van der Waals surface area (Å²) in [5, 5.41) is 7.25. The number of anilines is 1. The number of aryl methyl sites for hydroxylation is 2. The van der Waals surface area contributed by atoms with Crippen LogP contribution in [0.5, 0.6) is 0 Å². The Labute approximate surface area is 130 Å². The highest BCUT2D eigenvalue weighted by atomic mass is 16.2. The first-order chi connectivity index (χ1) is 10.6. The molecule has 6 nitrogen and oxygen atoms in total. The number of hydrogen-bond acceptors (Lipinski definition) is 3. The lowest BCUT2D eigenvalue weighted by atomic mass is 10.1. The minimum absolute atomic E-state index is 0.0910. The van der Waals surface area contributed by atoms with Gasteiger partial charge in [-0.25, -0.2) is 9.78 Å². The zero-order valence-corrected chi connectivity index (χ0v) is 13.0. The second-order valence-corrected chi connectivity index (χ2v) is 5.83. The summed E-state index contributed by atoms with van der Waals surface area (Å²) in [7, 11) is 0. The number of carbonyl (C=O) groups is 1. The number of likely N-dealkylation sites (tertiary alicyclic amines) is 1. The van der Waals surface area contributed by atoms with Gasteiger partial charge >= 0.3 is 6.03 Å². The van der Waals surface area contributed by atoms with E-state index in [4.69, 9.17) is 0 Å². The Morgan fingerprint density at radius 1 is 1.36 bits per heavy atom. The highest BCUT2D eigenvalue weighted by molar-refractivity contribution is 5.88. The molecule has 1 N–H and O–H groups in total. The van der Waals surface area contributed by atoms with Crippen molar-refractivity contribution in [1.82, 2.24) is 19.7 Å². The van der Waals surface area contributed by atoms with Crippen molar-refractivity contribution in [2.45, 2.75) is 32.7 Å². The van der Waals surface area contributed by atoms with Crippen LogP contribution < -0.4 is 5.32 Å². The molecular weight excluding hydrogens is 278 g/mol. The maximum absolute atomic E-state index is 12.4. The minimum atomic E-state index is -0.0910. The van der Waals surface area contributed by atoms with E-state index in [0.717, 1.165) is 30.6 Å². The first-order valence-electron chi connectivity index (χ1n) is 7.62. The van der Waals surface area contributed by atoms with Crippen LogP contribution in [0.15, 0.2) is 30.6 Å². The van der Waals surface area contributed by atoms with E-state index in [1.54, 1.807) is 0 Å². The van der Waals surface area contributed by atoms with Crippen LogP contribution in [0.1, 0.15) is 30.1 Å². The number of urea groups is 1. The van der Waals surface area contributed by atoms with E-state index in [1.165, 1.54) is 0 Å². The number of carbonyl (C=O) groups excluding carboxylic acids is 1. The molecule has 22 heavy (non-hydrogen) atoms. The van der Waals surface area contributed by atoms with E-state index in [-0.39, 0.29) is 12.1 Å². The van der Waals surface area contributed by atoms with Crippen LogP contribution >= 0.6 is 0 Å². The second kappa shape index (κ2) is 6.17. The van der Waals surface area contributed by atoms with Crippen LogP contribution in [0.2, 0.25) is 0 Å². The van der Waals surface area contributed by atoms with Gasteiger partial charge in [-0.1, -0.05) is 6.07 Å². The zero-order chi connectivity index (χ0) is 15.5. The SMILES string of the molecule is Cc1cnn(C2CCCN(C(=O)Nc3cccc(C)n3)C2)c1. The fourth-order valence-corrected chi connectivity index (χ4v) is 2.79. The number of nitrogens with one attached hydrogen (secondary N) is 1. The first-order valence-corrected chi connectivity index (χ1v) is 7.62. The normalized spacial score (nSPS) is 18.3. The molecule has 0 aromatic carbocycles. The van der Waals surface area contributed by atoms with Gasteiger partial charge in [-0.3, -0.25) is 10.00 Å². The molecule has 0 spiro atoms. The average Bonchev–Trinajstić information content (AvgIpc) is 2.94. The standard InChI is InChI=1S/C16H21N5O/c1-12-9-17-21(10-12)14-6-4-8-20(11-14)16(22)19-15-7-3-5-13(2)18-15/h3,5,7,9-10,14H,4,6,8,11H2,1-2H3,(H,18,19,22). The Morgan fingerprint density at radius 2 is 2.23 bits per heavy atom. The number of piperidine rings is 1. The van der Waals surface area contributed by atoms with Gasteiger partial charge in [-0.05, 0) is 44.4 Å². The van der Waals surface area contributed by atoms with Crippen molar-refractivity contribution in [1.29, 1.82) is 0 Å². The Kier molecular flexibility index (Phi) is 4.09. The lowest BCUT2D eigenvalue weighted by Gasteiger charge is -2.32. The number of aromatic nitrogens is 3. The largest absolute Gasteiger partial charge is 0.323 e. The zero-order valence-electron chi connectivity index (χ0n) is 13.0. The summed E-state index contributed by atoms with van der Waals surface area (Å²) >= 11 is 0. The van der Waals surface area contributed by atoms with E-state index >= 15 is 0 Å². The number of amides is 2. The van der Waals surface area contributed by atoms with Gasteiger partial charge in [-0.15, -0.1) is 0 Å². The van der Waals surface area contributed by atoms with E-state index in [9.17, 15) is 4.79 Å². The van der Waals surface area contributed by atoms with Gasteiger partial charge in [0.15, 0.2) is 0 Å². The van der Waals surface area contributed by atoms with Gasteiger partial charge in [0.25, 0.3) is 0 Å². The number of hydrogen-bond donors (Lipinski definition) is 1. The summed E-state index contributed by atoms with van der Waals surface area (Å²) < 4.78 is 1.97. The highest BCUT2D eigenvalue weighted by Gasteiger charge is 2.25. The number of pyridine rings is 1. The van der Waals surface area contributed by atoms with E-state index < -0.39 is 0 Å². The summed E-state index contributed by atoms with van der Waals surface area (Å²) in [5.41, 5.74) is 2.03.